The van der Waals surface area contributed by atoms with Crippen LogP contribution in [0, 0.1) is 0 Å². The Morgan fingerprint density at radius 2 is 1.84 bits per heavy atom. The maximum Gasteiger partial charge on any atom is 0.246 e. The molecule has 2 rings (SSSR count). The number of carbonyl (C=O) groups is 2. The van der Waals surface area contributed by atoms with E-state index >= 15 is 0 Å². The van der Waals surface area contributed by atoms with E-state index in [1.54, 1.807) is 11.8 Å². The quantitative estimate of drug-likeness (QED) is 0.718. The summed E-state index contributed by atoms with van der Waals surface area (Å²) in [6, 6.07) is 8.12. The number of aryl methyl sites for hydroxylation is 1. The van der Waals surface area contributed by atoms with Crippen molar-refractivity contribution in [1.82, 2.24) is 10.2 Å². The lowest BCUT2D eigenvalue weighted by molar-refractivity contribution is -0.136. The van der Waals surface area contributed by atoms with E-state index in [0.717, 1.165) is 37.2 Å². The third-order valence-electron chi connectivity index (χ3n) is 4.50. The number of carbonyl (C=O) groups excluding carboxylic acids is 2. The fourth-order valence-electron chi connectivity index (χ4n) is 3.07. The number of likely N-dealkylation sites (tertiary alicyclic amines) is 1. The van der Waals surface area contributed by atoms with Crippen molar-refractivity contribution in [3.05, 3.63) is 29.8 Å². The topological polar surface area (TPSA) is 49.4 Å². The van der Waals surface area contributed by atoms with E-state index in [-0.39, 0.29) is 11.8 Å². The van der Waals surface area contributed by atoms with Crippen molar-refractivity contribution < 1.29 is 9.59 Å². The van der Waals surface area contributed by atoms with Gasteiger partial charge in [-0.1, -0.05) is 25.5 Å². The normalized spacial score (nSPS) is 15.7. The van der Waals surface area contributed by atoms with E-state index in [2.05, 4.69) is 36.5 Å². The van der Waals surface area contributed by atoms with Gasteiger partial charge in [-0.25, -0.2) is 0 Å². The molecule has 138 valence electrons. The van der Waals surface area contributed by atoms with Crippen molar-refractivity contribution >= 4 is 23.6 Å². The van der Waals surface area contributed by atoms with Crippen LogP contribution in [0.1, 0.15) is 51.5 Å². The van der Waals surface area contributed by atoms with Crippen molar-refractivity contribution in [2.24, 2.45) is 0 Å². The molecule has 1 atom stereocenters. The highest BCUT2D eigenvalue weighted by Crippen LogP contribution is 2.21. The van der Waals surface area contributed by atoms with Gasteiger partial charge in [-0.05, 0) is 49.8 Å². The highest BCUT2D eigenvalue weighted by Gasteiger charge is 2.26. The summed E-state index contributed by atoms with van der Waals surface area (Å²) in [4.78, 5) is 27.3. The average Bonchev–Trinajstić information content (AvgIpc) is 2.64. The maximum atomic E-state index is 12.7. The summed E-state index contributed by atoms with van der Waals surface area (Å²) in [7, 11) is 0. The number of piperidine rings is 1. The highest BCUT2D eigenvalue weighted by molar-refractivity contribution is 7.99. The first-order valence-electron chi connectivity index (χ1n) is 9.37. The van der Waals surface area contributed by atoms with Gasteiger partial charge in [0.05, 0.1) is 0 Å². The van der Waals surface area contributed by atoms with E-state index in [1.165, 1.54) is 31.7 Å². The van der Waals surface area contributed by atoms with Crippen LogP contribution in [0.25, 0.3) is 0 Å². The molecular formula is C20H30N2O2S. The van der Waals surface area contributed by atoms with E-state index in [9.17, 15) is 9.59 Å². The van der Waals surface area contributed by atoms with E-state index in [1.807, 2.05) is 4.90 Å². The Kier molecular flexibility index (Phi) is 8.32. The minimum atomic E-state index is -0.444. The molecule has 1 aliphatic heterocycles. The lowest BCUT2D eigenvalue weighted by Crippen LogP contribution is -2.50. The standard InChI is InChI=1S/C20H30N2O2S/c1-3-4-8-17-9-11-18(12-10-17)25-15-19(21-16(2)23)20(24)22-13-6-5-7-14-22/h9-12,19H,3-8,13-15H2,1-2H3,(H,21,23). The molecule has 1 heterocycles. The fraction of sp³-hybridized carbons (Fsp3) is 0.600. The van der Waals surface area contributed by atoms with Gasteiger partial charge in [-0.3, -0.25) is 9.59 Å². The van der Waals surface area contributed by atoms with Crippen LogP contribution in [0.15, 0.2) is 29.2 Å². The monoisotopic (exact) mass is 362 g/mol. The molecule has 0 spiro atoms. The predicted octanol–water partition coefficient (Wildman–Crippen LogP) is 3.64. The first-order chi connectivity index (χ1) is 12.1. The maximum absolute atomic E-state index is 12.7. The summed E-state index contributed by atoms with van der Waals surface area (Å²) >= 11 is 1.63. The van der Waals surface area contributed by atoms with Crippen molar-refractivity contribution in [2.45, 2.75) is 63.3 Å². The van der Waals surface area contributed by atoms with Gasteiger partial charge in [0, 0.05) is 30.7 Å². The smallest absolute Gasteiger partial charge is 0.246 e. The Morgan fingerprint density at radius 1 is 1.16 bits per heavy atom. The van der Waals surface area contributed by atoms with Gasteiger partial charge in [-0.2, -0.15) is 0 Å². The molecule has 1 saturated heterocycles. The van der Waals surface area contributed by atoms with Crippen LogP contribution in [0.4, 0.5) is 0 Å². The second kappa shape index (κ2) is 10.5. The van der Waals surface area contributed by atoms with Crippen molar-refractivity contribution in [3.8, 4) is 0 Å². The second-order valence-electron chi connectivity index (χ2n) is 6.70. The minimum Gasteiger partial charge on any atom is -0.344 e. The largest absolute Gasteiger partial charge is 0.344 e. The van der Waals surface area contributed by atoms with Crippen LogP contribution in [0.3, 0.4) is 0 Å². The van der Waals surface area contributed by atoms with Crippen LogP contribution in [-0.4, -0.2) is 41.6 Å². The Labute approximate surface area is 155 Å². The zero-order valence-electron chi connectivity index (χ0n) is 15.4. The molecule has 25 heavy (non-hydrogen) atoms. The van der Waals surface area contributed by atoms with Crippen LogP contribution in [0.5, 0.6) is 0 Å². The molecule has 4 nitrogen and oxygen atoms in total. The minimum absolute atomic E-state index is 0.0574. The number of rotatable bonds is 8. The lowest BCUT2D eigenvalue weighted by atomic mass is 10.1. The fourth-order valence-corrected chi connectivity index (χ4v) is 3.98. The lowest BCUT2D eigenvalue weighted by Gasteiger charge is -2.30. The summed E-state index contributed by atoms with van der Waals surface area (Å²) in [5, 5.41) is 2.84. The van der Waals surface area contributed by atoms with E-state index < -0.39 is 6.04 Å². The molecule has 0 saturated carbocycles. The molecule has 0 bridgehead atoms. The molecule has 1 N–H and O–H groups in total. The van der Waals surface area contributed by atoms with Gasteiger partial charge in [-0.15, -0.1) is 11.8 Å². The Bertz CT molecular complexity index is 553. The molecule has 1 aromatic rings. The number of benzene rings is 1. The first kappa shape index (κ1) is 19.8. The zero-order valence-corrected chi connectivity index (χ0v) is 16.2. The van der Waals surface area contributed by atoms with Crippen LogP contribution < -0.4 is 5.32 Å². The number of thioether (sulfide) groups is 1. The van der Waals surface area contributed by atoms with Gasteiger partial charge in [0.25, 0.3) is 0 Å². The van der Waals surface area contributed by atoms with Gasteiger partial charge in [0.1, 0.15) is 6.04 Å². The first-order valence-corrected chi connectivity index (χ1v) is 10.4. The third kappa shape index (κ3) is 6.73. The van der Waals surface area contributed by atoms with Gasteiger partial charge in [0.15, 0.2) is 0 Å². The number of nitrogens with zero attached hydrogens (tertiary/aromatic N) is 1. The van der Waals surface area contributed by atoms with Crippen LogP contribution in [0.2, 0.25) is 0 Å². The summed E-state index contributed by atoms with van der Waals surface area (Å²) < 4.78 is 0. The van der Waals surface area contributed by atoms with Crippen molar-refractivity contribution in [2.75, 3.05) is 18.8 Å². The van der Waals surface area contributed by atoms with Gasteiger partial charge < -0.3 is 10.2 Å². The van der Waals surface area contributed by atoms with E-state index in [0.29, 0.717) is 5.75 Å². The molecule has 1 unspecified atom stereocenters. The molecule has 1 aromatic carbocycles. The number of unbranched alkanes of at least 4 members (excludes halogenated alkanes) is 1. The molecule has 0 radical (unpaired) electrons. The summed E-state index contributed by atoms with van der Waals surface area (Å²) in [6.07, 6.45) is 6.84. The average molecular weight is 363 g/mol. The number of hydrogen-bond acceptors (Lipinski definition) is 3. The van der Waals surface area contributed by atoms with Crippen LogP contribution >= 0.6 is 11.8 Å². The molecule has 5 heteroatoms. The summed E-state index contributed by atoms with van der Waals surface area (Å²) in [5.41, 5.74) is 1.36. The number of amides is 2. The van der Waals surface area contributed by atoms with Crippen LogP contribution in [-0.2, 0) is 16.0 Å². The molecule has 2 amide bonds. The summed E-state index contributed by atoms with van der Waals surface area (Å²) in [5.74, 6) is 0.483. The predicted molar refractivity (Wildman–Crippen MR) is 104 cm³/mol. The zero-order chi connectivity index (χ0) is 18.1. The van der Waals surface area contributed by atoms with Gasteiger partial charge >= 0.3 is 0 Å². The Morgan fingerprint density at radius 3 is 2.44 bits per heavy atom. The van der Waals surface area contributed by atoms with Crippen molar-refractivity contribution in [3.63, 3.8) is 0 Å². The Hall–Kier alpha value is -1.49. The van der Waals surface area contributed by atoms with Gasteiger partial charge in [0.2, 0.25) is 11.8 Å². The van der Waals surface area contributed by atoms with Crippen molar-refractivity contribution in [1.29, 1.82) is 0 Å². The Balaban J connectivity index is 1.92. The highest BCUT2D eigenvalue weighted by atomic mass is 32.2. The number of hydrogen-bond donors (Lipinski definition) is 1. The molecule has 0 aromatic heterocycles. The number of nitrogens with one attached hydrogen (secondary N) is 1. The second-order valence-corrected chi connectivity index (χ2v) is 7.79. The molecule has 1 fully saturated rings. The molecular weight excluding hydrogens is 332 g/mol. The summed E-state index contributed by atoms with van der Waals surface area (Å²) in [6.45, 7) is 5.30. The van der Waals surface area contributed by atoms with E-state index in [4.69, 9.17) is 0 Å². The SMILES string of the molecule is CCCCc1ccc(SCC(NC(C)=O)C(=O)N2CCCCC2)cc1. The molecule has 1 aliphatic rings. The molecule has 0 aliphatic carbocycles. The third-order valence-corrected chi connectivity index (χ3v) is 5.61.